The third kappa shape index (κ3) is 2.28. The Kier molecular flexibility index (Phi) is 3.17. The Morgan fingerprint density at radius 2 is 1.68 bits per heavy atom. The molecule has 0 spiro atoms. The quantitative estimate of drug-likeness (QED) is 0.517. The highest BCUT2D eigenvalue weighted by Crippen LogP contribution is 2.27. The van der Waals surface area contributed by atoms with E-state index < -0.39 is 0 Å². The molecular weight excluding hydrogens is 292 g/mol. The Morgan fingerprint density at radius 3 is 2.55 bits per heavy atom. The fraction of sp³-hybridized carbons (Fsp3) is 0. The van der Waals surface area contributed by atoms with Crippen molar-refractivity contribution in [2.45, 2.75) is 0 Å². The highest BCUT2D eigenvalue weighted by Gasteiger charge is 2.06. The van der Waals surface area contributed by atoms with Crippen LogP contribution in [-0.2, 0) is 0 Å². The summed E-state index contributed by atoms with van der Waals surface area (Å²) < 4.78 is 0. The van der Waals surface area contributed by atoms with Gasteiger partial charge in [0.25, 0.3) is 0 Å². The molecule has 0 unspecified atom stereocenters. The van der Waals surface area contributed by atoms with Gasteiger partial charge in [-0.3, -0.25) is 4.98 Å². The van der Waals surface area contributed by atoms with E-state index in [1.165, 1.54) is 10.8 Å². The van der Waals surface area contributed by atoms with Crippen molar-refractivity contribution in [3.05, 3.63) is 77.1 Å². The zero-order valence-electron chi connectivity index (χ0n) is 11.8. The largest absolute Gasteiger partial charge is 0.353 e. The molecule has 0 bridgehead atoms. The first-order chi connectivity index (χ1) is 10.8. The van der Waals surface area contributed by atoms with E-state index in [2.05, 4.69) is 28.2 Å². The topological polar surface area (TPSA) is 28.7 Å². The summed E-state index contributed by atoms with van der Waals surface area (Å²) in [5.41, 5.74) is 4.23. The predicted octanol–water partition coefficient (Wildman–Crippen LogP) is 5.54. The van der Waals surface area contributed by atoms with Crippen LogP contribution in [0.1, 0.15) is 11.3 Å². The number of aromatic amines is 1. The smallest absolute Gasteiger partial charge is 0.0871 e. The summed E-state index contributed by atoms with van der Waals surface area (Å²) in [5, 5.41) is 3.16. The Hall–Kier alpha value is -2.58. The fourth-order valence-electron chi connectivity index (χ4n) is 2.67. The molecule has 2 heterocycles. The molecule has 0 amide bonds. The maximum atomic E-state index is 5.91. The third-order valence-corrected chi connectivity index (χ3v) is 4.01. The van der Waals surface area contributed by atoms with E-state index in [1.54, 1.807) is 0 Å². The normalized spacial score (nSPS) is 11.7. The van der Waals surface area contributed by atoms with Crippen LogP contribution in [0.15, 0.2) is 60.8 Å². The van der Waals surface area contributed by atoms with Gasteiger partial charge in [0.05, 0.1) is 11.2 Å². The van der Waals surface area contributed by atoms with Gasteiger partial charge in [-0.15, -0.1) is 0 Å². The SMILES string of the molecule is Clc1ccc(C=Cc2nccc3c2[nH]c2ccccc23)cc1. The summed E-state index contributed by atoms with van der Waals surface area (Å²) in [7, 11) is 0. The lowest BCUT2D eigenvalue weighted by atomic mass is 10.1. The van der Waals surface area contributed by atoms with Gasteiger partial charge in [0.15, 0.2) is 0 Å². The molecule has 0 aliphatic heterocycles. The molecule has 0 atom stereocenters. The van der Waals surface area contributed by atoms with Crippen LogP contribution >= 0.6 is 11.6 Å². The Morgan fingerprint density at radius 1 is 0.864 bits per heavy atom. The number of benzene rings is 2. The van der Waals surface area contributed by atoms with E-state index >= 15 is 0 Å². The van der Waals surface area contributed by atoms with Crippen LogP contribution in [0.4, 0.5) is 0 Å². The number of para-hydroxylation sites is 1. The number of aromatic nitrogens is 2. The second kappa shape index (κ2) is 5.32. The number of pyridine rings is 1. The Balaban J connectivity index is 1.83. The molecule has 22 heavy (non-hydrogen) atoms. The van der Waals surface area contributed by atoms with E-state index in [-0.39, 0.29) is 0 Å². The number of H-pyrrole nitrogens is 1. The minimum atomic E-state index is 0.744. The van der Waals surface area contributed by atoms with Crippen molar-refractivity contribution in [3.63, 3.8) is 0 Å². The molecule has 3 heteroatoms. The molecule has 4 aromatic rings. The van der Waals surface area contributed by atoms with Crippen molar-refractivity contribution in [2.75, 3.05) is 0 Å². The molecule has 4 rings (SSSR count). The Bertz CT molecular complexity index is 981. The van der Waals surface area contributed by atoms with E-state index in [4.69, 9.17) is 11.6 Å². The summed E-state index contributed by atoms with van der Waals surface area (Å²) in [5.74, 6) is 0. The molecule has 1 N–H and O–H groups in total. The van der Waals surface area contributed by atoms with Crippen molar-refractivity contribution >= 4 is 45.6 Å². The van der Waals surface area contributed by atoms with Crippen molar-refractivity contribution < 1.29 is 0 Å². The zero-order valence-corrected chi connectivity index (χ0v) is 12.5. The maximum absolute atomic E-state index is 5.91. The molecule has 0 aliphatic carbocycles. The minimum absolute atomic E-state index is 0.744. The van der Waals surface area contributed by atoms with Gasteiger partial charge in [0.1, 0.15) is 0 Å². The van der Waals surface area contributed by atoms with E-state index in [9.17, 15) is 0 Å². The van der Waals surface area contributed by atoms with Crippen LogP contribution < -0.4 is 0 Å². The van der Waals surface area contributed by atoms with Crippen LogP contribution in [-0.4, -0.2) is 9.97 Å². The number of nitrogens with one attached hydrogen (secondary N) is 1. The minimum Gasteiger partial charge on any atom is -0.353 e. The monoisotopic (exact) mass is 304 g/mol. The number of hydrogen-bond acceptors (Lipinski definition) is 1. The van der Waals surface area contributed by atoms with E-state index in [1.807, 2.05) is 54.7 Å². The van der Waals surface area contributed by atoms with Gasteiger partial charge < -0.3 is 4.98 Å². The third-order valence-electron chi connectivity index (χ3n) is 3.76. The van der Waals surface area contributed by atoms with Gasteiger partial charge in [-0.05, 0) is 35.9 Å². The molecule has 0 fully saturated rings. The van der Waals surface area contributed by atoms with E-state index in [0.29, 0.717) is 0 Å². The fourth-order valence-corrected chi connectivity index (χ4v) is 2.80. The molecule has 2 aromatic carbocycles. The number of nitrogens with zero attached hydrogens (tertiary/aromatic N) is 1. The highest BCUT2D eigenvalue weighted by molar-refractivity contribution is 6.30. The zero-order chi connectivity index (χ0) is 14.9. The van der Waals surface area contributed by atoms with Gasteiger partial charge in [-0.2, -0.15) is 0 Å². The predicted molar refractivity (Wildman–Crippen MR) is 94.0 cm³/mol. The molecule has 2 aromatic heterocycles. The highest BCUT2D eigenvalue weighted by atomic mass is 35.5. The maximum Gasteiger partial charge on any atom is 0.0871 e. The Labute approximate surface area is 133 Å². The molecule has 106 valence electrons. The van der Waals surface area contributed by atoms with Crippen LogP contribution in [0.2, 0.25) is 5.02 Å². The lowest BCUT2D eigenvalue weighted by molar-refractivity contribution is 1.32. The molecule has 0 aliphatic rings. The van der Waals surface area contributed by atoms with Gasteiger partial charge in [-0.25, -0.2) is 0 Å². The van der Waals surface area contributed by atoms with Gasteiger partial charge in [-0.1, -0.05) is 48.0 Å². The van der Waals surface area contributed by atoms with Crippen LogP contribution in [0.3, 0.4) is 0 Å². The average Bonchev–Trinajstić information content (AvgIpc) is 2.94. The second-order valence-electron chi connectivity index (χ2n) is 5.17. The van der Waals surface area contributed by atoms with Crippen LogP contribution in [0, 0.1) is 0 Å². The van der Waals surface area contributed by atoms with Gasteiger partial charge in [0, 0.05) is 27.5 Å². The molecule has 0 saturated heterocycles. The lowest BCUT2D eigenvalue weighted by Gasteiger charge is -1.97. The van der Waals surface area contributed by atoms with Gasteiger partial charge >= 0.3 is 0 Å². The van der Waals surface area contributed by atoms with Crippen LogP contribution in [0.25, 0.3) is 34.0 Å². The molecular formula is C19H13ClN2. The summed E-state index contributed by atoms with van der Waals surface area (Å²) in [6.45, 7) is 0. The number of halogens is 1. The van der Waals surface area contributed by atoms with Crippen LogP contribution in [0.5, 0.6) is 0 Å². The second-order valence-corrected chi connectivity index (χ2v) is 5.61. The number of hydrogen-bond donors (Lipinski definition) is 1. The number of rotatable bonds is 2. The molecule has 0 saturated carbocycles. The van der Waals surface area contributed by atoms with Crippen molar-refractivity contribution in [1.29, 1.82) is 0 Å². The molecule has 0 radical (unpaired) electrons. The lowest BCUT2D eigenvalue weighted by Crippen LogP contribution is -1.82. The molecule has 2 nitrogen and oxygen atoms in total. The van der Waals surface area contributed by atoms with Crippen molar-refractivity contribution in [1.82, 2.24) is 9.97 Å². The van der Waals surface area contributed by atoms with Crippen molar-refractivity contribution in [2.24, 2.45) is 0 Å². The average molecular weight is 305 g/mol. The summed E-state index contributed by atoms with van der Waals surface area (Å²) >= 11 is 5.91. The first-order valence-electron chi connectivity index (χ1n) is 7.10. The van der Waals surface area contributed by atoms with Gasteiger partial charge in [0.2, 0.25) is 0 Å². The standard InChI is InChI=1S/C19H13ClN2/c20-14-8-5-13(6-9-14)7-10-18-19-16(11-12-21-18)15-3-1-2-4-17(15)22-19/h1-12,22H. The number of fused-ring (bicyclic) bond motifs is 3. The van der Waals surface area contributed by atoms with Crippen molar-refractivity contribution in [3.8, 4) is 0 Å². The summed E-state index contributed by atoms with van der Waals surface area (Å²) in [4.78, 5) is 7.95. The first-order valence-corrected chi connectivity index (χ1v) is 7.48. The first kappa shape index (κ1) is 13.1. The van der Waals surface area contributed by atoms with E-state index in [0.717, 1.165) is 27.3 Å². The summed E-state index contributed by atoms with van der Waals surface area (Å²) in [6.07, 6.45) is 5.93. The summed E-state index contributed by atoms with van der Waals surface area (Å²) in [6, 6.07) is 18.1.